The number of amides is 1. The number of aromatic nitrogens is 3. The standard InChI is InChI=1S/C16H14N4O2S/c21-13-9-5-4-8-12(13)15-18-16(20-19-15)23-10-14(22)17-11-6-2-1-3-7-11/h1-9,21H,10H2,(H,17,22)(H,18,19,20). The van der Waals surface area contributed by atoms with E-state index in [-0.39, 0.29) is 17.4 Å². The molecule has 0 fully saturated rings. The SMILES string of the molecule is O=C(CSc1n[nH]c(-c2ccccc2O)n1)Nc1ccccc1. The Hall–Kier alpha value is -2.80. The predicted molar refractivity (Wildman–Crippen MR) is 89.3 cm³/mol. The first-order valence-corrected chi connectivity index (χ1v) is 7.89. The fraction of sp³-hybridized carbons (Fsp3) is 0.0625. The van der Waals surface area contributed by atoms with Gasteiger partial charge >= 0.3 is 0 Å². The number of benzene rings is 2. The van der Waals surface area contributed by atoms with E-state index in [0.29, 0.717) is 16.5 Å². The number of aromatic amines is 1. The van der Waals surface area contributed by atoms with Crippen molar-refractivity contribution in [3.05, 3.63) is 54.6 Å². The zero-order valence-electron chi connectivity index (χ0n) is 12.1. The summed E-state index contributed by atoms with van der Waals surface area (Å²) in [6.45, 7) is 0. The average molecular weight is 326 g/mol. The van der Waals surface area contributed by atoms with E-state index in [1.165, 1.54) is 11.8 Å². The summed E-state index contributed by atoms with van der Waals surface area (Å²) in [5.41, 5.74) is 1.32. The molecular formula is C16H14N4O2S. The minimum Gasteiger partial charge on any atom is -0.507 e. The van der Waals surface area contributed by atoms with Crippen molar-refractivity contribution in [1.29, 1.82) is 0 Å². The molecule has 23 heavy (non-hydrogen) atoms. The highest BCUT2D eigenvalue weighted by molar-refractivity contribution is 7.99. The van der Waals surface area contributed by atoms with Crippen molar-refractivity contribution in [2.24, 2.45) is 0 Å². The van der Waals surface area contributed by atoms with Crippen LogP contribution in [0.1, 0.15) is 0 Å². The fourth-order valence-electron chi connectivity index (χ4n) is 1.95. The van der Waals surface area contributed by atoms with Crippen LogP contribution in [0.4, 0.5) is 5.69 Å². The molecule has 0 saturated heterocycles. The van der Waals surface area contributed by atoms with Gasteiger partial charge in [0.25, 0.3) is 0 Å². The summed E-state index contributed by atoms with van der Waals surface area (Å²) in [6.07, 6.45) is 0. The molecule has 2 aromatic carbocycles. The molecule has 3 rings (SSSR count). The number of phenolic OH excluding ortho intramolecular Hbond substituents is 1. The van der Waals surface area contributed by atoms with Gasteiger partial charge in [-0.05, 0) is 24.3 Å². The number of nitrogens with zero attached hydrogens (tertiary/aromatic N) is 2. The highest BCUT2D eigenvalue weighted by Crippen LogP contribution is 2.26. The van der Waals surface area contributed by atoms with Crippen LogP contribution in [0, 0.1) is 0 Å². The summed E-state index contributed by atoms with van der Waals surface area (Å²) in [5.74, 6) is 0.665. The van der Waals surface area contributed by atoms with Crippen molar-refractivity contribution in [3.8, 4) is 17.1 Å². The molecule has 0 radical (unpaired) electrons. The number of hydrogen-bond donors (Lipinski definition) is 3. The Bertz CT molecular complexity index is 805. The molecule has 0 aliphatic rings. The molecule has 0 aliphatic carbocycles. The molecule has 0 unspecified atom stereocenters. The lowest BCUT2D eigenvalue weighted by molar-refractivity contribution is -0.113. The van der Waals surface area contributed by atoms with Crippen LogP contribution in [0.5, 0.6) is 5.75 Å². The molecular weight excluding hydrogens is 312 g/mol. The summed E-state index contributed by atoms with van der Waals surface area (Å²) in [5, 5.41) is 19.9. The minimum absolute atomic E-state index is 0.127. The Morgan fingerprint density at radius 3 is 2.65 bits per heavy atom. The number of para-hydroxylation sites is 2. The zero-order chi connectivity index (χ0) is 16.1. The molecule has 3 aromatic rings. The van der Waals surface area contributed by atoms with Crippen LogP contribution in [-0.2, 0) is 4.79 Å². The fourth-order valence-corrected chi connectivity index (χ4v) is 2.55. The van der Waals surface area contributed by atoms with Gasteiger partial charge in [-0.15, -0.1) is 5.10 Å². The van der Waals surface area contributed by atoms with Gasteiger partial charge in [-0.25, -0.2) is 4.98 Å². The third-order valence-electron chi connectivity index (χ3n) is 3.01. The van der Waals surface area contributed by atoms with Crippen molar-refractivity contribution in [1.82, 2.24) is 15.2 Å². The molecule has 7 heteroatoms. The molecule has 0 saturated carbocycles. The number of carbonyl (C=O) groups is 1. The number of thioether (sulfide) groups is 1. The van der Waals surface area contributed by atoms with Crippen molar-refractivity contribution in [2.45, 2.75) is 5.16 Å². The van der Waals surface area contributed by atoms with Gasteiger partial charge in [0.05, 0.1) is 11.3 Å². The first-order valence-electron chi connectivity index (χ1n) is 6.91. The van der Waals surface area contributed by atoms with Gasteiger partial charge < -0.3 is 10.4 Å². The molecule has 0 aliphatic heterocycles. The Labute approximate surface area is 137 Å². The molecule has 1 aromatic heterocycles. The van der Waals surface area contributed by atoms with Gasteiger partial charge in [0.15, 0.2) is 5.82 Å². The monoisotopic (exact) mass is 326 g/mol. The summed E-state index contributed by atoms with van der Waals surface area (Å²) in [4.78, 5) is 16.2. The third kappa shape index (κ3) is 3.89. The molecule has 3 N–H and O–H groups in total. The third-order valence-corrected chi connectivity index (χ3v) is 3.86. The number of carbonyl (C=O) groups excluding carboxylic acids is 1. The lowest BCUT2D eigenvalue weighted by atomic mass is 10.2. The summed E-state index contributed by atoms with van der Waals surface area (Å²) in [6, 6.07) is 16.1. The Morgan fingerprint density at radius 1 is 1.13 bits per heavy atom. The summed E-state index contributed by atoms with van der Waals surface area (Å²) < 4.78 is 0. The van der Waals surface area contributed by atoms with Crippen LogP contribution in [0.2, 0.25) is 0 Å². The van der Waals surface area contributed by atoms with Crippen molar-refractivity contribution < 1.29 is 9.90 Å². The first-order chi connectivity index (χ1) is 11.2. The molecule has 0 spiro atoms. The second kappa shape index (κ2) is 6.97. The second-order valence-corrected chi connectivity index (χ2v) is 5.63. The lowest BCUT2D eigenvalue weighted by Gasteiger charge is -2.02. The van der Waals surface area contributed by atoms with E-state index >= 15 is 0 Å². The predicted octanol–water partition coefficient (Wildman–Crippen LogP) is 2.91. The van der Waals surface area contributed by atoms with Gasteiger partial charge in [0.2, 0.25) is 11.1 Å². The van der Waals surface area contributed by atoms with Gasteiger partial charge in [-0.1, -0.05) is 42.1 Å². The molecule has 1 heterocycles. The van der Waals surface area contributed by atoms with Gasteiger partial charge in [-0.3, -0.25) is 9.89 Å². The summed E-state index contributed by atoms with van der Waals surface area (Å²) >= 11 is 1.22. The maximum absolute atomic E-state index is 11.9. The lowest BCUT2D eigenvalue weighted by Crippen LogP contribution is -2.13. The van der Waals surface area contributed by atoms with Crippen molar-refractivity contribution >= 4 is 23.4 Å². The Balaban J connectivity index is 1.59. The maximum Gasteiger partial charge on any atom is 0.234 e. The normalized spacial score (nSPS) is 10.4. The Kier molecular flexibility index (Phi) is 4.58. The zero-order valence-corrected chi connectivity index (χ0v) is 12.9. The highest BCUT2D eigenvalue weighted by atomic mass is 32.2. The van der Waals surface area contributed by atoms with E-state index in [1.54, 1.807) is 24.3 Å². The van der Waals surface area contributed by atoms with E-state index in [9.17, 15) is 9.90 Å². The minimum atomic E-state index is -0.130. The quantitative estimate of drug-likeness (QED) is 0.627. The van der Waals surface area contributed by atoms with Crippen LogP contribution in [0.15, 0.2) is 59.8 Å². The number of nitrogens with one attached hydrogen (secondary N) is 2. The van der Waals surface area contributed by atoms with Gasteiger partial charge in [-0.2, -0.15) is 0 Å². The van der Waals surface area contributed by atoms with Crippen LogP contribution in [0.25, 0.3) is 11.4 Å². The molecule has 0 atom stereocenters. The van der Waals surface area contributed by atoms with Crippen LogP contribution < -0.4 is 5.32 Å². The average Bonchev–Trinajstić information content (AvgIpc) is 3.03. The summed E-state index contributed by atoms with van der Waals surface area (Å²) in [7, 11) is 0. The molecule has 0 bridgehead atoms. The number of hydrogen-bond acceptors (Lipinski definition) is 5. The molecule has 1 amide bonds. The van der Waals surface area contributed by atoms with E-state index in [0.717, 1.165) is 5.69 Å². The largest absolute Gasteiger partial charge is 0.507 e. The van der Waals surface area contributed by atoms with E-state index in [2.05, 4.69) is 20.5 Å². The number of anilines is 1. The van der Waals surface area contributed by atoms with Crippen LogP contribution in [0.3, 0.4) is 0 Å². The number of aromatic hydroxyl groups is 1. The van der Waals surface area contributed by atoms with Gasteiger partial charge in [0, 0.05) is 5.69 Å². The topological polar surface area (TPSA) is 90.9 Å². The van der Waals surface area contributed by atoms with E-state index < -0.39 is 0 Å². The second-order valence-electron chi connectivity index (χ2n) is 4.69. The number of rotatable bonds is 5. The molecule has 6 nitrogen and oxygen atoms in total. The highest BCUT2D eigenvalue weighted by Gasteiger charge is 2.11. The van der Waals surface area contributed by atoms with E-state index in [1.807, 2.05) is 30.3 Å². The van der Waals surface area contributed by atoms with Crippen molar-refractivity contribution in [3.63, 3.8) is 0 Å². The van der Waals surface area contributed by atoms with Crippen LogP contribution >= 0.6 is 11.8 Å². The number of H-pyrrole nitrogens is 1. The Morgan fingerprint density at radius 2 is 1.87 bits per heavy atom. The van der Waals surface area contributed by atoms with Gasteiger partial charge in [0.1, 0.15) is 5.75 Å². The number of phenols is 1. The molecule has 116 valence electrons. The maximum atomic E-state index is 11.9. The first kappa shape index (κ1) is 15.1. The van der Waals surface area contributed by atoms with E-state index in [4.69, 9.17) is 0 Å². The smallest absolute Gasteiger partial charge is 0.234 e. The van der Waals surface area contributed by atoms with Crippen molar-refractivity contribution in [2.75, 3.05) is 11.1 Å². The van der Waals surface area contributed by atoms with Crippen LogP contribution in [-0.4, -0.2) is 31.9 Å².